The number of carbonyl (C=O) groups is 1. The molecule has 4 nitrogen and oxygen atoms in total. The van der Waals surface area contributed by atoms with E-state index in [0.29, 0.717) is 5.69 Å². The van der Waals surface area contributed by atoms with Crippen molar-refractivity contribution in [2.24, 2.45) is 0 Å². The molecule has 0 bridgehead atoms. The largest absolute Gasteiger partial charge is 0.481 e. The van der Waals surface area contributed by atoms with Gasteiger partial charge in [-0.25, -0.2) is 0 Å². The van der Waals surface area contributed by atoms with Gasteiger partial charge < -0.3 is 10.0 Å². The molecule has 0 aliphatic heterocycles. The van der Waals surface area contributed by atoms with Crippen LogP contribution in [0.4, 0.5) is 5.69 Å². The Balaban J connectivity index is 2.01. The summed E-state index contributed by atoms with van der Waals surface area (Å²) >= 11 is 0. The molecule has 0 saturated heterocycles. The lowest BCUT2D eigenvalue weighted by molar-refractivity contribution is -0.138. The van der Waals surface area contributed by atoms with Crippen molar-refractivity contribution in [1.82, 2.24) is 4.98 Å². The van der Waals surface area contributed by atoms with Gasteiger partial charge in [-0.15, -0.1) is 0 Å². The van der Waals surface area contributed by atoms with E-state index >= 15 is 0 Å². The predicted octanol–water partition coefficient (Wildman–Crippen LogP) is 4.66. The predicted molar refractivity (Wildman–Crippen MR) is 107 cm³/mol. The molecule has 0 spiro atoms. The van der Waals surface area contributed by atoms with E-state index in [9.17, 15) is 9.90 Å². The lowest BCUT2D eigenvalue weighted by atomic mass is 10.0. The van der Waals surface area contributed by atoms with E-state index in [0.717, 1.165) is 27.7 Å². The van der Waals surface area contributed by atoms with Gasteiger partial charge in [-0.1, -0.05) is 42.5 Å². The Hall–Kier alpha value is -3.14. The van der Waals surface area contributed by atoms with Crippen LogP contribution in [0.5, 0.6) is 0 Å². The van der Waals surface area contributed by atoms with Crippen LogP contribution in [-0.4, -0.2) is 30.2 Å². The number of carboxylic acid groups (broad SMARTS) is 1. The molecule has 1 unspecified atom stereocenters. The van der Waals surface area contributed by atoms with Crippen LogP contribution >= 0.6 is 0 Å². The van der Waals surface area contributed by atoms with Crippen LogP contribution < -0.4 is 4.90 Å². The SMILES string of the molecule is CC(C(=O)O)c1cc(C=Cc2ccc(N(C)C)cc2)c2ccccc2n1. The van der Waals surface area contributed by atoms with E-state index in [1.165, 1.54) is 0 Å². The van der Waals surface area contributed by atoms with Crippen molar-refractivity contribution in [3.05, 3.63) is 71.4 Å². The fraction of sp³-hybridized carbons (Fsp3) is 0.182. The van der Waals surface area contributed by atoms with Gasteiger partial charge in [0.15, 0.2) is 0 Å². The molecular formula is C22H22N2O2. The first-order chi connectivity index (χ1) is 12.5. The molecule has 0 saturated carbocycles. The highest BCUT2D eigenvalue weighted by Crippen LogP contribution is 2.25. The van der Waals surface area contributed by atoms with Crippen LogP contribution in [0.15, 0.2) is 54.6 Å². The van der Waals surface area contributed by atoms with E-state index in [4.69, 9.17) is 0 Å². The van der Waals surface area contributed by atoms with E-state index in [2.05, 4.69) is 34.1 Å². The van der Waals surface area contributed by atoms with Gasteiger partial charge in [0.25, 0.3) is 0 Å². The van der Waals surface area contributed by atoms with Crippen LogP contribution in [0.3, 0.4) is 0 Å². The maximum Gasteiger partial charge on any atom is 0.312 e. The molecular weight excluding hydrogens is 324 g/mol. The summed E-state index contributed by atoms with van der Waals surface area (Å²) in [5.74, 6) is -1.52. The zero-order valence-corrected chi connectivity index (χ0v) is 15.2. The number of benzene rings is 2. The number of aliphatic carboxylic acids is 1. The first-order valence-corrected chi connectivity index (χ1v) is 8.53. The van der Waals surface area contributed by atoms with Crippen LogP contribution in [0.25, 0.3) is 23.1 Å². The number of rotatable bonds is 5. The summed E-state index contributed by atoms with van der Waals surface area (Å²) in [4.78, 5) is 17.9. The monoisotopic (exact) mass is 346 g/mol. The number of hydrogen-bond donors (Lipinski definition) is 1. The number of para-hydroxylation sites is 1. The van der Waals surface area contributed by atoms with Crippen molar-refractivity contribution in [2.45, 2.75) is 12.8 Å². The normalized spacial score (nSPS) is 12.4. The van der Waals surface area contributed by atoms with Gasteiger partial charge >= 0.3 is 5.97 Å². The van der Waals surface area contributed by atoms with Gasteiger partial charge in [0.05, 0.1) is 17.1 Å². The fourth-order valence-corrected chi connectivity index (χ4v) is 2.78. The summed E-state index contributed by atoms with van der Waals surface area (Å²) in [6.07, 6.45) is 4.06. The maximum atomic E-state index is 11.4. The third-order valence-corrected chi connectivity index (χ3v) is 4.45. The molecule has 1 atom stereocenters. The Bertz CT molecular complexity index is 960. The number of aromatic nitrogens is 1. The molecule has 2 aromatic carbocycles. The summed E-state index contributed by atoms with van der Waals surface area (Å²) in [6, 6.07) is 17.9. The number of carboxylic acids is 1. The zero-order chi connectivity index (χ0) is 18.7. The highest BCUT2D eigenvalue weighted by Gasteiger charge is 2.16. The number of hydrogen-bond acceptors (Lipinski definition) is 3. The van der Waals surface area contributed by atoms with E-state index in [-0.39, 0.29) is 0 Å². The van der Waals surface area contributed by atoms with Crippen LogP contribution in [0.2, 0.25) is 0 Å². The average molecular weight is 346 g/mol. The molecule has 0 aliphatic rings. The molecule has 26 heavy (non-hydrogen) atoms. The molecule has 0 fully saturated rings. The van der Waals surface area contributed by atoms with Crippen molar-refractivity contribution in [3.63, 3.8) is 0 Å². The summed E-state index contributed by atoms with van der Waals surface area (Å²) in [5, 5.41) is 10.3. The third-order valence-electron chi connectivity index (χ3n) is 4.45. The van der Waals surface area contributed by atoms with Crippen molar-refractivity contribution in [1.29, 1.82) is 0 Å². The first-order valence-electron chi connectivity index (χ1n) is 8.53. The van der Waals surface area contributed by atoms with Gasteiger partial charge in [-0.3, -0.25) is 9.78 Å². The number of anilines is 1. The molecule has 0 amide bonds. The molecule has 3 aromatic rings. The summed E-state index contributed by atoms with van der Waals surface area (Å²) in [7, 11) is 4.03. The van der Waals surface area contributed by atoms with Crippen molar-refractivity contribution in [2.75, 3.05) is 19.0 Å². The third kappa shape index (κ3) is 3.75. The molecule has 0 aliphatic carbocycles. The van der Waals surface area contributed by atoms with Crippen LogP contribution in [-0.2, 0) is 4.79 Å². The van der Waals surface area contributed by atoms with Gasteiger partial charge in [-0.2, -0.15) is 0 Å². The standard InChI is InChI=1S/C22H22N2O2/c1-15(22(25)26)21-14-17(19-6-4-5-7-20(19)23-21)11-8-16-9-12-18(13-10-16)24(2)3/h4-15H,1-3H3,(H,25,26). The van der Waals surface area contributed by atoms with Gasteiger partial charge in [-0.05, 0) is 42.3 Å². The Labute approximate surface area is 153 Å². The number of nitrogens with zero attached hydrogens (tertiary/aromatic N) is 2. The minimum atomic E-state index is -0.873. The molecule has 4 heteroatoms. The van der Waals surface area contributed by atoms with E-state index in [1.54, 1.807) is 6.92 Å². The second-order valence-electron chi connectivity index (χ2n) is 6.53. The van der Waals surface area contributed by atoms with Gasteiger partial charge in [0, 0.05) is 25.2 Å². The van der Waals surface area contributed by atoms with E-state index < -0.39 is 11.9 Å². The smallest absolute Gasteiger partial charge is 0.312 e. The summed E-state index contributed by atoms with van der Waals surface area (Å²) in [5.41, 5.74) is 4.58. The molecule has 1 N–H and O–H groups in total. The highest BCUT2D eigenvalue weighted by molar-refractivity contribution is 5.91. The number of fused-ring (bicyclic) bond motifs is 1. The Morgan fingerprint density at radius 2 is 1.77 bits per heavy atom. The van der Waals surface area contributed by atoms with Gasteiger partial charge in [0.2, 0.25) is 0 Å². The zero-order valence-electron chi connectivity index (χ0n) is 15.2. The molecule has 3 rings (SSSR count). The fourth-order valence-electron chi connectivity index (χ4n) is 2.78. The molecule has 132 valence electrons. The van der Waals surface area contributed by atoms with E-state index in [1.807, 2.05) is 56.6 Å². The second kappa shape index (κ2) is 7.40. The summed E-state index contributed by atoms with van der Waals surface area (Å²) < 4.78 is 0. The number of pyridine rings is 1. The first kappa shape index (κ1) is 17.7. The van der Waals surface area contributed by atoms with Crippen LogP contribution in [0.1, 0.15) is 29.7 Å². The highest BCUT2D eigenvalue weighted by atomic mass is 16.4. The average Bonchev–Trinajstić information content (AvgIpc) is 2.65. The Kier molecular flexibility index (Phi) is 5.03. The van der Waals surface area contributed by atoms with Crippen molar-refractivity contribution >= 4 is 34.7 Å². The maximum absolute atomic E-state index is 11.4. The van der Waals surface area contributed by atoms with Crippen molar-refractivity contribution in [3.8, 4) is 0 Å². The minimum absolute atomic E-state index is 0.568. The molecule has 1 heterocycles. The topological polar surface area (TPSA) is 53.4 Å². The lowest BCUT2D eigenvalue weighted by Crippen LogP contribution is -2.09. The Morgan fingerprint density at radius 1 is 1.08 bits per heavy atom. The van der Waals surface area contributed by atoms with Crippen molar-refractivity contribution < 1.29 is 9.90 Å². The lowest BCUT2D eigenvalue weighted by Gasteiger charge is -2.12. The second-order valence-corrected chi connectivity index (χ2v) is 6.53. The Morgan fingerprint density at radius 3 is 2.42 bits per heavy atom. The molecule has 0 radical (unpaired) electrons. The minimum Gasteiger partial charge on any atom is -0.481 e. The quantitative estimate of drug-likeness (QED) is 0.730. The van der Waals surface area contributed by atoms with Crippen LogP contribution in [0, 0.1) is 0 Å². The molecule has 1 aromatic heterocycles. The summed E-state index contributed by atoms with van der Waals surface area (Å²) in [6.45, 7) is 1.66. The van der Waals surface area contributed by atoms with Gasteiger partial charge in [0.1, 0.15) is 0 Å².